The first-order valence-electron chi connectivity index (χ1n) is 11.1. The lowest BCUT2D eigenvalue weighted by Gasteiger charge is -2.19. The molecule has 2 aromatic rings. The minimum Gasteiger partial charge on any atom is -0.495 e. The van der Waals surface area contributed by atoms with Crippen molar-refractivity contribution in [2.45, 2.75) is 44.0 Å². The maximum Gasteiger partial charge on any atom is 0.265 e. The predicted molar refractivity (Wildman–Crippen MR) is 122 cm³/mol. The minimum absolute atomic E-state index is 0.0419. The second-order valence-corrected chi connectivity index (χ2v) is 9.96. The first kappa shape index (κ1) is 23.1. The van der Waals surface area contributed by atoms with Gasteiger partial charge in [0.25, 0.3) is 10.0 Å². The van der Waals surface area contributed by atoms with Crippen LogP contribution >= 0.6 is 0 Å². The highest BCUT2D eigenvalue weighted by Crippen LogP contribution is 2.39. The molecule has 0 aromatic heterocycles. The SMILES string of the molecule is CCOc1ccc(NS(=O)(=O)c2cc(CN3C(=O)[C@H]4CCCC[C@H]4C3=O)ccc2OC)cc1. The average molecular weight is 473 g/mol. The molecule has 0 spiro atoms. The van der Waals surface area contributed by atoms with Crippen LogP contribution in [0.25, 0.3) is 0 Å². The van der Waals surface area contributed by atoms with Gasteiger partial charge in [-0.1, -0.05) is 18.9 Å². The van der Waals surface area contributed by atoms with Crippen LogP contribution in [0.1, 0.15) is 38.2 Å². The molecular formula is C24H28N2O6S. The van der Waals surface area contributed by atoms with Crippen LogP contribution in [0.5, 0.6) is 11.5 Å². The van der Waals surface area contributed by atoms with E-state index in [1.54, 1.807) is 36.4 Å². The highest BCUT2D eigenvalue weighted by molar-refractivity contribution is 7.92. The molecule has 1 heterocycles. The molecule has 0 radical (unpaired) electrons. The Labute approximate surface area is 193 Å². The fourth-order valence-corrected chi connectivity index (χ4v) is 5.87. The number of carbonyl (C=O) groups is 2. The van der Waals surface area contributed by atoms with Crippen molar-refractivity contribution in [1.29, 1.82) is 0 Å². The maximum absolute atomic E-state index is 13.1. The number of carbonyl (C=O) groups excluding carboxylic acids is 2. The molecule has 176 valence electrons. The molecule has 8 nitrogen and oxygen atoms in total. The molecule has 0 bridgehead atoms. The Hall–Kier alpha value is -3.07. The normalized spacial score (nSPS) is 20.5. The molecule has 1 saturated heterocycles. The van der Waals surface area contributed by atoms with E-state index in [1.807, 2.05) is 6.92 Å². The van der Waals surface area contributed by atoms with Gasteiger partial charge in [0.15, 0.2) is 0 Å². The van der Waals surface area contributed by atoms with E-state index in [-0.39, 0.29) is 40.8 Å². The van der Waals surface area contributed by atoms with Gasteiger partial charge in [0.05, 0.1) is 32.1 Å². The first-order chi connectivity index (χ1) is 15.8. The first-order valence-corrected chi connectivity index (χ1v) is 12.6. The number of nitrogens with one attached hydrogen (secondary N) is 1. The molecule has 1 aliphatic carbocycles. The van der Waals surface area contributed by atoms with Crippen LogP contribution in [0.3, 0.4) is 0 Å². The van der Waals surface area contributed by atoms with Gasteiger partial charge < -0.3 is 9.47 Å². The van der Waals surface area contributed by atoms with E-state index in [2.05, 4.69) is 4.72 Å². The summed E-state index contributed by atoms with van der Waals surface area (Å²) in [6.45, 7) is 2.42. The smallest absolute Gasteiger partial charge is 0.265 e. The van der Waals surface area contributed by atoms with Gasteiger partial charge >= 0.3 is 0 Å². The van der Waals surface area contributed by atoms with Gasteiger partial charge in [0.1, 0.15) is 16.4 Å². The largest absolute Gasteiger partial charge is 0.495 e. The topological polar surface area (TPSA) is 102 Å². The van der Waals surface area contributed by atoms with Crippen LogP contribution in [0.2, 0.25) is 0 Å². The van der Waals surface area contributed by atoms with E-state index < -0.39 is 10.0 Å². The van der Waals surface area contributed by atoms with E-state index in [0.717, 1.165) is 25.7 Å². The Morgan fingerprint density at radius 1 is 1.00 bits per heavy atom. The van der Waals surface area contributed by atoms with Crippen LogP contribution in [0.15, 0.2) is 47.4 Å². The summed E-state index contributed by atoms with van der Waals surface area (Å²) in [7, 11) is -2.60. The molecule has 4 rings (SSSR count). The van der Waals surface area contributed by atoms with Crippen molar-refractivity contribution in [3.63, 3.8) is 0 Å². The summed E-state index contributed by atoms with van der Waals surface area (Å²) in [6, 6.07) is 11.3. The van der Waals surface area contributed by atoms with E-state index in [0.29, 0.717) is 23.6 Å². The number of methoxy groups -OCH3 is 1. The van der Waals surface area contributed by atoms with Crippen molar-refractivity contribution in [2.24, 2.45) is 11.8 Å². The monoisotopic (exact) mass is 472 g/mol. The summed E-state index contributed by atoms with van der Waals surface area (Å²) in [4.78, 5) is 26.8. The number of fused-ring (bicyclic) bond motifs is 1. The number of amides is 2. The Morgan fingerprint density at radius 3 is 2.21 bits per heavy atom. The zero-order valence-electron chi connectivity index (χ0n) is 18.7. The second-order valence-electron chi connectivity index (χ2n) is 8.31. The lowest BCUT2D eigenvalue weighted by atomic mass is 9.81. The van der Waals surface area contributed by atoms with Gasteiger partial charge in [-0.2, -0.15) is 0 Å². The Morgan fingerprint density at radius 2 is 1.64 bits per heavy atom. The number of imide groups is 1. The van der Waals surface area contributed by atoms with Crippen molar-refractivity contribution in [3.8, 4) is 11.5 Å². The average Bonchev–Trinajstić information content (AvgIpc) is 3.05. The Balaban J connectivity index is 1.57. The predicted octanol–water partition coefficient (Wildman–Crippen LogP) is 3.57. The van der Waals surface area contributed by atoms with Crippen LogP contribution in [0.4, 0.5) is 5.69 Å². The molecule has 0 unspecified atom stereocenters. The molecule has 1 aliphatic heterocycles. The van der Waals surface area contributed by atoms with E-state index >= 15 is 0 Å². The highest BCUT2D eigenvalue weighted by atomic mass is 32.2. The number of benzene rings is 2. The Kier molecular flexibility index (Phi) is 6.60. The lowest BCUT2D eigenvalue weighted by molar-refractivity contribution is -0.140. The number of hydrogen-bond donors (Lipinski definition) is 1. The highest BCUT2D eigenvalue weighted by Gasteiger charge is 2.47. The van der Waals surface area contributed by atoms with Crippen LogP contribution in [-0.4, -0.2) is 38.8 Å². The maximum atomic E-state index is 13.1. The van der Waals surface area contributed by atoms with Gasteiger partial charge in [-0.3, -0.25) is 19.2 Å². The zero-order chi connectivity index (χ0) is 23.6. The Bertz CT molecular complexity index is 1120. The third-order valence-electron chi connectivity index (χ3n) is 6.21. The van der Waals surface area contributed by atoms with Crippen LogP contribution in [0, 0.1) is 11.8 Å². The number of ether oxygens (including phenoxy) is 2. The van der Waals surface area contributed by atoms with Gasteiger partial charge in [-0.15, -0.1) is 0 Å². The van der Waals surface area contributed by atoms with E-state index in [4.69, 9.17) is 9.47 Å². The van der Waals surface area contributed by atoms with Crippen molar-refractivity contribution in [3.05, 3.63) is 48.0 Å². The minimum atomic E-state index is -3.99. The molecule has 33 heavy (non-hydrogen) atoms. The molecule has 2 fully saturated rings. The number of hydrogen-bond acceptors (Lipinski definition) is 6. The molecule has 9 heteroatoms. The summed E-state index contributed by atoms with van der Waals surface area (Å²) in [6.07, 6.45) is 3.38. The number of sulfonamides is 1. The quantitative estimate of drug-likeness (QED) is 0.590. The lowest BCUT2D eigenvalue weighted by Crippen LogP contribution is -2.30. The summed E-state index contributed by atoms with van der Waals surface area (Å²) in [5.74, 6) is 0.0170. The van der Waals surface area contributed by atoms with Crippen molar-refractivity contribution < 1.29 is 27.5 Å². The van der Waals surface area contributed by atoms with Crippen LogP contribution in [-0.2, 0) is 26.2 Å². The summed E-state index contributed by atoms with van der Waals surface area (Å²) in [5, 5.41) is 0. The number of anilines is 1. The molecule has 2 amide bonds. The third-order valence-corrected chi connectivity index (χ3v) is 7.61. The van der Waals surface area contributed by atoms with Gasteiger partial charge in [-0.25, -0.2) is 8.42 Å². The molecular weight excluding hydrogens is 444 g/mol. The van der Waals surface area contributed by atoms with E-state index in [9.17, 15) is 18.0 Å². The second kappa shape index (κ2) is 9.43. The van der Waals surface area contributed by atoms with Crippen molar-refractivity contribution in [1.82, 2.24) is 4.90 Å². The van der Waals surface area contributed by atoms with E-state index in [1.165, 1.54) is 18.1 Å². The van der Waals surface area contributed by atoms with Gasteiger partial charge in [0.2, 0.25) is 11.8 Å². The van der Waals surface area contributed by atoms with Crippen molar-refractivity contribution in [2.75, 3.05) is 18.4 Å². The van der Waals surface area contributed by atoms with Gasteiger partial charge in [-0.05, 0) is 61.7 Å². The fourth-order valence-electron chi connectivity index (χ4n) is 4.59. The summed E-state index contributed by atoms with van der Waals surface area (Å²) in [5.41, 5.74) is 0.920. The molecule has 1 saturated carbocycles. The number of likely N-dealkylation sites (tertiary alicyclic amines) is 1. The third kappa shape index (κ3) is 4.68. The molecule has 2 aliphatic rings. The zero-order valence-corrected chi connectivity index (χ0v) is 19.6. The number of nitrogens with zero attached hydrogens (tertiary/aromatic N) is 1. The van der Waals surface area contributed by atoms with Crippen molar-refractivity contribution >= 4 is 27.5 Å². The molecule has 2 atom stereocenters. The summed E-state index contributed by atoms with van der Waals surface area (Å²) < 4.78 is 39.5. The molecule has 1 N–H and O–H groups in total. The molecule has 2 aromatic carbocycles. The standard InChI is InChI=1S/C24H28N2O6S/c1-3-32-18-11-9-17(10-12-18)25-33(29,30)22-14-16(8-13-21(22)31-2)15-26-23(27)19-6-4-5-7-20(19)24(26)28/h8-14,19-20,25H,3-7,15H2,1-2H3/t19-,20+. The fraction of sp³-hybridized carbons (Fsp3) is 0.417. The van der Waals surface area contributed by atoms with Gasteiger partial charge in [0, 0.05) is 5.69 Å². The van der Waals surface area contributed by atoms with Crippen LogP contribution < -0.4 is 14.2 Å². The number of rotatable bonds is 8. The summed E-state index contributed by atoms with van der Waals surface area (Å²) >= 11 is 0.